The van der Waals surface area contributed by atoms with E-state index in [1.165, 1.54) is 24.8 Å². The van der Waals surface area contributed by atoms with Gasteiger partial charge in [-0.2, -0.15) is 0 Å². The Hall–Kier alpha value is -2.53. The van der Waals surface area contributed by atoms with E-state index in [1.807, 2.05) is 24.3 Å². The minimum Gasteiger partial charge on any atom is -0.481 e. The van der Waals surface area contributed by atoms with Gasteiger partial charge in [-0.1, -0.05) is 44.5 Å². The Morgan fingerprint density at radius 1 is 1.07 bits per heavy atom. The molecule has 144 valence electrons. The lowest BCUT2D eigenvalue weighted by molar-refractivity contribution is -0.122. The minimum absolute atomic E-state index is 0.0491. The van der Waals surface area contributed by atoms with E-state index in [9.17, 15) is 9.59 Å². The number of halogens is 1. The van der Waals surface area contributed by atoms with Crippen molar-refractivity contribution in [2.24, 2.45) is 0 Å². The zero-order chi connectivity index (χ0) is 20.2. The van der Waals surface area contributed by atoms with Gasteiger partial charge in [0.15, 0.2) is 6.10 Å². The van der Waals surface area contributed by atoms with Gasteiger partial charge < -0.3 is 14.8 Å². The number of carbonyl (C=O) groups excluding carboxylic acids is 2. The fraction of sp³-hybridized carbons (Fsp3) is 0.333. The van der Waals surface area contributed by atoms with Crippen molar-refractivity contribution in [3.63, 3.8) is 0 Å². The lowest BCUT2D eigenvalue weighted by Gasteiger charge is -2.20. The van der Waals surface area contributed by atoms with Gasteiger partial charge in [0.1, 0.15) is 5.75 Å². The summed E-state index contributed by atoms with van der Waals surface area (Å²) in [4.78, 5) is 24.1. The first kappa shape index (κ1) is 20.8. The molecule has 0 bridgehead atoms. The number of hydrogen-bond acceptors (Lipinski definition) is 4. The monoisotopic (exact) mass is 389 g/mol. The number of anilines is 1. The molecule has 27 heavy (non-hydrogen) atoms. The molecule has 0 saturated carbocycles. The van der Waals surface area contributed by atoms with Crippen molar-refractivity contribution in [1.82, 2.24) is 0 Å². The van der Waals surface area contributed by atoms with E-state index in [0.717, 1.165) is 0 Å². The van der Waals surface area contributed by atoms with E-state index >= 15 is 0 Å². The van der Waals surface area contributed by atoms with Gasteiger partial charge >= 0.3 is 5.97 Å². The van der Waals surface area contributed by atoms with Gasteiger partial charge in [0, 0.05) is 5.69 Å². The van der Waals surface area contributed by atoms with Crippen LogP contribution < -0.4 is 10.1 Å². The predicted octanol–water partition coefficient (Wildman–Crippen LogP) is 4.83. The molecule has 2 aromatic carbocycles. The second kappa shape index (κ2) is 8.44. The average molecular weight is 390 g/mol. The molecule has 1 amide bonds. The number of esters is 1. The number of methoxy groups -OCH3 is 1. The van der Waals surface area contributed by atoms with Crippen molar-refractivity contribution >= 4 is 29.2 Å². The quantitative estimate of drug-likeness (QED) is 0.744. The summed E-state index contributed by atoms with van der Waals surface area (Å²) < 4.78 is 10.4. The van der Waals surface area contributed by atoms with Gasteiger partial charge in [-0.25, -0.2) is 4.79 Å². The Morgan fingerprint density at radius 3 is 2.26 bits per heavy atom. The molecule has 0 unspecified atom stereocenters. The highest BCUT2D eigenvalue weighted by molar-refractivity contribution is 6.33. The molecule has 0 heterocycles. The highest BCUT2D eigenvalue weighted by Crippen LogP contribution is 2.25. The molecule has 0 aliphatic carbocycles. The number of hydrogen-bond donors (Lipinski definition) is 1. The topological polar surface area (TPSA) is 64.6 Å². The average Bonchev–Trinajstić information content (AvgIpc) is 2.62. The normalized spacial score (nSPS) is 12.2. The summed E-state index contributed by atoms with van der Waals surface area (Å²) in [6.07, 6.45) is -0.720. The molecule has 0 fully saturated rings. The SMILES string of the molecule is COC(=O)c1cc(NC(=O)[C@H](C)Oc2ccc(C(C)(C)C)cc2)ccc1Cl. The highest BCUT2D eigenvalue weighted by Gasteiger charge is 2.18. The first-order valence-electron chi connectivity index (χ1n) is 8.57. The fourth-order valence-electron chi connectivity index (χ4n) is 2.40. The van der Waals surface area contributed by atoms with Crippen molar-refractivity contribution in [1.29, 1.82) is 0 Å². The van der Waals surface area contributed by atoms with Gasteiger partial charge in [-0.3, -0.25) is 4.79 Å². The fourth-order valence-corrected chi connectivity index (χ4v) is 2.60. The molecule has 2 rings (SSSR count). The van der Waals surface area contributed by atoms with Gasteiger partial charge in [-0.15, -0.1) is 0 Å². The van der Waals surface area contributed by atoms with Gasteiger partial charge in [0.05, 0.1) is 17.7 Å². The van der Waals surface area contributed by atoms with Crippen LogP contribution in [0.3, 0.4) is 0 Å². The lowest BCUT2D eigenvalue weighted by atomic mass is 9.87. The number of nitrogens with one attached hydrogen (secondary N) is 1. The van der Waals surface area contributed by atoms with Crippen LogP contribution in [0.5, 0.6) is 5.75 Å². The van der Waals surface area contributed by atoms with Crippen LogP contribution >= 0.6 is 11.6 Å². The van der Waals surface area contributed by atoms with Crippen LogP contribution in [0.15, 0.2) is 42.5 Å². The van der Waals surface area contributed by atoms with Crippen LogP contribution in [-0.2, 0) is 14.9 Å². The molecule has 5 nitrogen and oxygen atoms in total. The number of rotatable bonds is 5. The Kier molecular flexibility index (Phi) is 6.50. The number of carbonyl (C=O) groups is 2. The van der Waals surface area contributed by atoms with E-state index < -0.39 is 12.1 Å². The molecule has 0 aliphatic heterocycles. The summed E-state index contributed by atoms with van der Waals surface area (Å²) >= 11 is 5.98. The summed E-state index contributed by atoms with van der Waals surface area (Å²) in [5.74, 6) is -0.302. The van der Waals surface area contributed by atoms with Crippen molar-refractivity contribution in [2.45, 2.75) is 39.2 Å². The molecule has 1 atom stereocenters. The van der Waals surface area contributed by atoms with Gasteiger partial charge in [0.25, 0.3) is 5.91 Å². The minimum atomic E-state index is -0.720. The number of amides is 1. The van der Waals surface area contributed by atoms with E-state index in [2.05, 4.69) is 30.8 Å². The molecular formula is C21H24ClNO4. The Balaban J connectivity index is 2.04. The molecule has 0 spiro atoms. The smallest absolute Gasteiger partial charge is 0.339 e. The first-order chi connectivity index (χ1) is 12.6. The zero-order valence-electron chi connectivity index (χ0n) is 16.1. The number of ether oxygens (including phenoxy) is 2. The van der Waals surface area contributed by atoms with Crippen LogP contribution in [0.1, 0.15) is 43.6 Å². The maximum absolute atomic E-state index is 12.4. The zero-order valence-corrected chi connectivity index (χ0v) is 16.9. The third-order valence-corrected chi connectivity index (χ3v) is 4.37. The largest absolute Gasteiger partial charge is 0.481 e. The Morgan fingerprint density at radius 2 is 1.70 bits per heavy atom. The maximum Gasteiger partial charge on any atom is 0.339 e. The van der Waals surface area contributed by atoms with E-state index in [0.29, 0.717) is 11.4 Å². The molecule has 0 radical (unpaired) electrons. The molecule has 0 aromatic heterocycles. The van der Waals surface area contributed by atoms with Crippen LogP contribution in [0.25, 0.3) is 0 Å². The van der Waals surface area contributed by atoms with Crippen LogP contribution in [0.4, 0.5) is 5.69 Å². The van der Waals surface area contributed by atoms with Crippen molar-refractivity contribution < 1.29 is 19.1 Å². The van der Waals surface area contributed by atoms with Crippen LogP contribution in [0, 0.1) is 0 Å². The summed E-state index contributed by atoms with van der Waals surface area (Å²) in [5, 5.41) is 2.97. The second-order valence-corrected chi connectivity index (χ2v) is 7.62. The second-order valence-electron chi connectivity index (χ2n) is 7.21. The van der Waals surface area contributed by atoms with E-state index in [4.69, 9.17) is 16.3 Å². The highest BCUT2D eigenvalue weighted by atomic mass is 35.5. The summed E-state index contributed by atoms with van der Waals surface area (Å²) in [6.45, 7) is 8.05. The maximum atomic E-state index is 12.4. The number of benzene rings is 2. The Labute approximate surface area is 164 Å². The van der Waals surface area contributed by atoms with Gasteiger partial charge in [-0.05, 0) is 48.2 Å². The predicted molar refractivity (Wildman–Crippen MR) is 107 cm³/mol. The molecule has 1 N–H and O–H groups in total. The summed E-state index contributed by atoms with van der Waals surface area (Å²) in [7, 11) is 1.27. The standard InChI is InChI=1S/C21H24ClNO4/c1-13(27-16-9-6-14(7-10-16)21(2,3)4)19(24)23-15-8-11-18(22)17(12-15)20(25)26-5/h6-13H,1-5H3,(H,23,24)/t13-/m0/s1. The van der Waals surface area contributed by atoms with E-state index in [1.54, 1.807) is 13.0 Å². The summed E-state index contributed by atoms with van der Waals surface area (Å²) in [6, 6.07) is 12.3. The van der Waals surface area contributed by atoms with Gasteiger partial charge in [0.2, 0.25) is 0 Å². The first-order valence-corrected chi connectivity index (χ1v) is 8.95. The molecule has 0 aliphatic rings. The molecule has 2 aromatic rings. The molecule has 0 saturated heterocycles. The molecule has 6 heteroatoms. The Bertz CT molecular complexity index is 825. The lowest BCUT2D eigenvalue weighted by Crippen LogP contribution is -2.30. The third kappa shape index (κ3) is 5.47. The summed E-state index contributed by atoms with van der Waals surface area (Å²) in [5.41, 5.74) is 1.85. The van der Waals surface area contributed by atoms with Crippen molar-refractivity contribution in [3.8, 4) is 5.75 Å². The van der Waals surface area contributed by atoms with Crippen molar-refractivity contribution in [2.75, 3.05) is 12.4 Å². The molecular weight excluding hydrogens is 366 g/mol. The third-order valence-electron chi connectivity index (χ3n) is 4.04. The van der Waals surface area contributed by atoms with E-state index in [-0.39, 0.29) is 21.9 Å². The van der Waals surface area contributed by atoms with Crippen LogP contribution in [-0.4, -0.2) is 25.1 Å². The van der Waals surface area contributed by atoms with Crippen LogP contribution in [0.2, 0.25) is 5.02 Å². The van der Waals surface area contributed by atoms with Crippen molar-refractivity contribution in [3.05, 3.63) is 58.6 Å².